The van der Waals surface area contributed by atoms with E-state index in [1.54, 1.807) is 0 Å². The molecule has 2 heterocycles. The van der Waals surface area contributed by atoms with Gasteiger partial charge in [-0.15, -0.1) is 0 Å². The van der Waals surface area contributed by atoms with E-state index >= 15 is 0 Å². The van der Waals surface area contributed by atoms with Gasteiger partial charge < -0.3 is 0 Å². The molecule has 8 aromatic carbocycles. The van der Waals surface area contributed by atoms with Crippen LogP contribution in [0.1, 0.15) is 22.3 Å². The van der Waals surface area contributed by atoms with Crippen LogP contribution in [0.15, 0.2) is 146 Å². The maximum absolute atomic E-state index is 4.75. The minimum absolute atomic E-state index is 0.937. The van der Waals surface area contributed by atoms with Crippen molar-refractivity contribution >= 4 is 64.6 Å². The third-order valence-electron chi connectivity index (χ3n) is 10.5. The van der Waals surface area contributed by atoms with Gasteiger partial charge in [-0.2, -0.15) is 0 Å². The lowest BCUT2D eigenvalue weighted by Gasteiger charge is -2.14. The van der Waals surface area contributed by atoms with Gasteiger partial charge in [0.15, 0.2) is 0 Å². The third-order valence-corrected chi connectivity index (χ3v) is 10.5. The van der Waals surface area contributed by atoms with Crippen LogP contribution in [0.2, 0.25) is 0 Å². The Kier molecular flexibility index (Phi) is 6.17. The molecule has 0 saturated carbocycles. The number of pyridine rings is 2. The number of hydrogen-bond donors (Lipinski definition) is 0. The van der Waals surface area contributed by atoms with Crippen molar-refractivity contribution in [3.63, 3.8) is 0 Å². The SMILES string of the molecule is c1cc2ccc3ccc(CCc4ccnc(-c5cc(CCc6ccc7ccc8cccc9ccc6c7c89)ccn5)c4)c4ccc(c1)c2c34. The predicted octanol–water partition coefficient (Wildman–Crippen LogP) is 11.5. The Labute approximate surface area is 279 Å². The monoisotopic (exact) mass is 612 g/mol. The van der Waals surface area contributed by atoms with Crippen molar-refractivity contribution in [1.82, 2.24) is 9.97 Å². The smallest absolute Gasteiger partial charge is 0.0888 e. The summed E-state index contributed by atoms with van der Waals surface area (Å²) in [6.45, 7) is 0. The Morgan fingerprint density at radius 3 is 1.15 bits per heavy atom. The maximum Gasteiger partial charge on any atom is 0.0888 e. The largest absolute Gasteiger partial charge is 0.255 e. The van der Waals surface area contributed by atoms with E-state index in [0.717, 1.165) is 37.1 Å². The lowest BCUT2D eigenvalue weighted by molar-refractivity contribution is 0.959. The molecule has 0 atom stereocenters. The molecule has 0 aliphatic carbocycles. The Bertz CT molecular complexity index is 2570. The van der Waals surface area contributed by atoms with E-state index in [0.29, 0.717) is 0 Å². The van der Waals surface area contributed by atoms with E-state index in [9.17, 15) is 0 Å². The molecule has 10 aromatic rings. The molecule has 226 valence electrons. The highest BCUT2D eigenvalue weighted by Gasteiger charge is 2.13. The molecular formula is C46H32N2. The summed E-state index contributed by atoms with van der Waals surface area (Å²) >= 11 is 0. The van der Waals surface area contributed by atoms with Crippen LogP contribution in [0.25, 0.3) is 76.0 Å². The van der Waals surface area contributed by atoms with Gasteiger partial charge in [0, 0.05) is 12.4 Å². The van der Waals surface area contributed by atoms with Crippen molar-refractivity contribution in [2.24, 2.45) is 0 Å². The number of benzene rings is 8. The number of nitrogens with zero attached hydrogens (tertiary/aromatic N) is 2. The Morgan fingerprint density at radius 1 is 0.333 bits per heavy atom. The zero-order valence-corrected chi connectivity index (χ0v) is 26.6. The van der Waals surface area contributed by atoms with Crippen LogP contribution in [0.5, 0.6) is 0 Å². The van der Waals surface area contributed by atoms with Gasteiger partial charge in [0.1, 0.15) is 0 Å². The Hall–Kier alpha value is -5.86. The zero-order chi connectivity index (χ0) is 31.6. The molecule has 0 unspecified atom stereocenters. The van der Waals surface area contributed by atoms with Crippen LogP contribution in [-0.2, 0) is 25.7 Å². The summed E-state index contributed by atoms with van der Waals surface area (Å²) in [7, 11) is 0. The minimum atomic E-state index is 0.937. The Morgan fingerprint density at radius 2 is 0.708 bits per heavy atom. The minimum Gasteiger partial charge on any atom is -0.255 e. The lowest BCUT2D eigenvalue weighted by Crippen LogP contribution is -1.97. The van der Waals surface area contributed by atoms with Crippen molar-refractivity contribution in [1.29, 1.82) is 0 Å². The molecule has 2 aromatic heterocycles. The van der Waals surface area contributed by atoms with E-state index in [-0.39, 0.29) is 0 Å². The summed E-state index contributed by atoms with van der Waals surface area (Å²) in [5.74, 6) is 0. The summed E-state index contributed by atoms with van der Waals surface area (Å²) in [5.41, 5.74) is 7.23. The first-order valence-corrected chi connectivity index (χ1v) is 17.0. The quantitative estimate of drug-likeness (QED) is 0.167. The van der Waals surface area contributed by atoms with Gasteiger partial charge in [-0.25, -0.2) is 0 Å². The van der Waals surface area contributed by atoms with Crippen LogP contribution in [0.3, 0.4) is 0 Å². The van der Waals surface area contributed by atoms with Gasteiger partial charge in [-0.3, -0.25) is 9.97 Å². The van der Waals surface area contributed by atoms with Crippen LogP contribution in [0, 0.1) is 0 Å². The van der Waals surface area contributed by atoms with Crippen molar-refractivity contribution < 1.29 is 0 Å². The lowest BCUT2D eigenvalue weighted by atomic mass is 9.90. The molecule has 0 aliphatic heterocycles. The first-order valence-electron chi connectivity index (χ1n) is 17.0. The molecule has 48 heavy (non-hydrogen) atoms. The molecule has 0 bridgehead atoms. The van der Waals surface area contributed by atoms with Gasteiger partial charge in [-0.1, -0.05) is 109 Å². The van der Waals surface area contributed by atoms with E-state index in [4.69, 9.17) is 9.97 Å². The van der Waals surface area contributed by atoms with Crippen LogP contribution in [0.4, 0.5) is 0 Å². The van der Waals surface area contributed by atoms with Gasteiger partial charge in [0.25, 0.3) is 0 Å². The van der Waals surface area contributed by atoms with Gasteiger partial charge >= 0.3 is 0 Å². The van der Waals surface area contributed by atoms with Gasteiger partial charge in [0.2, 0.25) is 0 Å². The van der Waals surface area contributed by atoms with Gasteiger partial charge in [0.05, 0.1) is 11.4 Å². The van der Waals surface area contributed by atoms with Crippen molar-refractivity contribution in [2.45, 2.75) is 25.7 Å². The van der Waals surface area contributed by atoms with Crippen molar-refractivity contribution in [2.75, 3.05) is 0 Å². The number of hydrogen-bond acceptors (Lipinski definition) is 2. The van der Waals surface area contributed by atoms with E-state index in [1.807, 2.05) is 12.4 Å². The molecule has 10 rings (SSSR count). The fraction of sp³-hybridized carbons (Fsp3) is 0.0870. The fourth-order valence-electron chi connectivity index (χ4n) is 8.13. The molecule has 0 spiro atoms. The molecule has 0 N–H and O–H groups in total. The van der Waals surface area contributed by atoms with E-state index < -0.39 is 0 Å². The summed E-state index contributed by atoms with van der Waals surface area (Å²) in [6.07, 6.45) is 7.73. The zero-order valence-electron chi connectivity index (χ0n) is 26.6. The highest BCUT2D eigenvalue weighted by molar-refractivity contribution is 6.24. The van der Waals surface area contributed by atoms with E-state index in [1.165, 1.54) is 86.9 Å². The van der Waals surface area contributed by atoms with Crippen molar-refractivity contribution in [3.8, 4) is 11.4 Å². The molecule has 0 aliphatic rings. The summed E-state index contributed by atoms with van der Waals surface area (Å²) < 4.78 is 0. The third kappa shape index (κ3) is 4.41. The second-order valence-corrected chi connectivity index (χ2v) is 13.3. The second kappa shape index (κ2) is 10.9. The average Bonchev–Trinajstić information content (AvgIpc) is 3.15. The number of aryl methyl sites for hydroxylation is 4. The average molecular weight is 613 g/mol. The van der Waals surface area contributed by atoms with Crippen LogP contribution >= 0.6 is 0 Å². The molecule has 0 radical (unpaired) electrons. The summed E-state index contributed by atoms with van der Waals surface area (Å²) in [5, 5.41) is 16.2. The first-order chi connectivity index (χ1) is 23.8. The molecule has 0 saturated heterocycles. The number of rotatable bonds is 7. The topological polar surface area (TPSA) is 25.8 Å². The normalized spacial score (nSPS) is 12.1. The molecule has 2 heteroatoms. The highest BCUT2D eigenvalue weighted by Crippen LogP contribution is 2.38. The van der Waals surface area contributed by atoms with Crippen LogP contribution in [-0.4, -0.2) is 9.97 Å². The molecule has 0 amide bonds. The van der Waals surface area contributed by atoms with Gasteiger partial charge in [-0.05, 0) is 137 Å². The fourth-order valence-corrected chi connectivity index (χ4v) is 8.13. The predicted molar refractivity (Wildman–Crippen MR) is 203 cm³/mol. The Balaban J connectivity index is 0.907. The standard InChI is InChI=1S/C46H32N2/c1-3-33-15-17-37-13-11-31(39-21-19-35(5-1)43(33)45(37)39)9-7-29-23-25-47-41(27-29)42-28-30(24-26-48-42)8-10-32-12-14-38-18-16-34-4-2-6-36-20-22-40(32)46(38)44(34)36/h1-6,11-28H,7-10H2. The summed E-state index contributed by atoms with van der Waals surface area (Å²) in [6, 6.07) is 49.4. The highest BCUT2D eigenvalue weighted by atomic mass is 14.8. The molecule has 0 fully saturated rings. The second-order valence-electron chi connectivity index (χ2n) is 13.3. The van der Waals surface area contributed by atoms with Crippen molar-refractivity contribution in [3.05, 3.63) is 168 Å². The molecule has 2 nitrogen and oxygen atoms in total. The summed E-state index contributed by atoms with van der Waals surface area (Å²) in [4.78, 5) is 9.51. The van der Waals surface area contributed by atoms with E-state index in [2.05, 4.69) is 133 Å². The number of aromatic nitrogens is 2. The van der Waals surface area contributed by atoms with Crippen LogP contribution < -0.4 is 0 Å². The molecular weight excluding hydrogens is 581 g/mol. The maximum atomic E-state index is 4.75. The first kappa shape index (κ1) is 27.3.